The van der Waals surface area contributed by atoms with E-state index in [4.69, 9.17) is 4.74 Å². The Kier molecular flexibility index (Phi) is 6.41. The van der Waals surface area contributed by atoms with Crippen LogP contribution in [-0.4, -0.2) is 23.0 Å². The number of halogens is 2. The molecule has 0 spiro atoms. The summed E-state index contributed by atoms with van der Waals surface area (Å²) in [7, 11) is 1.73. The topological polar surface area (TPSA) is 54.5 Å². The van der Waals surface area contributed by atoms with Crippen LogP contribution in [0.25, 0.3) is 0 Å². The quantitative estimate of drug-likeness (QED) is 0.563. The van der Waals surface area contributed by atoms with Gasteiger partial charge in [-0.1, -0.05) is 12.1 Å². The molecule has 8 heteroatoms. The Bertz CT molecular complexity index is 935. The third-order valence-corrected chi connectivity index (χ3v) is 5.33. The van der Waals surface area contributed by atoms with Crippen molar-refractivity contribution in [2.45, 2.75) is 13.1 Å². The molecule has 0 unspecified atom stereocenters. The number of aromatic nitrogens is 1. The average Bonchev–Trinajstić information content (AvgIpc) is 3.05. The van der Waals surface area contributed by atoms with Gasteiger partial charge in [0.25, 0.3) is 0 Å². The number of carbonyl (C=O) groups excluding carboxylic acids is 1. The maximum Gasteiger partial charge on any atom is 0.317 e. The van der Waals surface area contributed by atoms with Gasteiger partial charge in [0.2, 0.25) is 5.88 Å². The zero-order valence-electron chi connectivity index (χ0n) is 14.5. The Hall–Kier alpha value is -2.45. The Morgan fingerprint density at radius 2 is 2.19 bits per heavy atom. The predicted octanol–water partition coefficient (Wildman–Crippen LogP) is 5.18. The lowest BCUT2D eigenvalue weighted by Gasteiger charge is -2.17. The summed E-state index contributed by atoms with van der Waals surface area (Å²) < 4.78 is 20.0. The third-order valence-electron chi connectivity index (χ3n) is 3.65. The summed E-state index contributed by atoms with van der Waals surface area (Å²) in [6.07, 6.45) is 1.58. The first kappa shape index (κ1) is 19.3. The van der Waals surface area contributed by atoms with Gasteiger partial charge >= 0.3 is 6.03 Å². The summed E-state index contributed by atoms with van der Waals surface area (Å²) in [6.45, 7) is 0.761. The van der Waals surface area contributed by atoms with Crippen molar-refractivity contribution in [3.05, 3.63) is 74.8 Å². The fourth-order valence-corrected chi connectivity index (χ4v) is 3.84. The van der Waals surface area contributed by atoms with E-state index < -0.39 is 0 Å². The van der Waals surface area contributed by atoms with Crippen LogP contribution in [-0.2, 0) is 13.1 Å². The van der Waals surface area contributed by atoms with E-state index in [0.717, 1.165) is 9.35 Å². The van der Waals surface area contributed by atoms with Gasteiger partial charge in [0.05, 0.1) is 6.54 Å². The van der Waals surface area contributed by atoms with Gasteiger partial charge in [-0.2, -0.15) is 0 Å². The number of carbonyl (C=O) groups is 1. The minimum absolute atomic E-state index is 0.208. The van der Waals surface area contributed by atoms with Crippen molar-refractivity contribution in [3.8, 4) is 11.6 Å². The zero-order valence-corrected chi connectivity index (χ0v) is 16.9. The smallest absolute Gasteiger partial charge is 0.317 e. The van der Waals surface area contributed by atoms with Gasteiger partial charge in [-0.15, -0.1) is 11.3 Å². The standard InChI is InChI=1S/C19H17BrFN3O2S/c1-24(11-17-8-14(20)12-27-17)19(25)23-10-13-4-3-7-22-18(13)26-16-6-2-5-15(21)9-16/h2-9,12H,10-11H2,1H3,(H,23,25). The highest BCUT2D eigenvalue weighted by molar-refractivity contribution is 9.10. The van der Waals surface area contributed by atoms with E-state index in [1.54, 1.807) is 53.7 Å². The van der Waals surface area contributed by atoms with Crippen LogP contribution in [0.3, 0.4) is 0 Å². The van der Waals surface area contributed by atoms with Gasteiger partial charge in [0, 0.05) is 46.1 Å². The molecule has 0 saturated carbocycles. The molecule has 3 aromatic rings. The molecule has 2 aromatic heterocycles. The van der Waals surface area contributed by atoms with E-state index in [0.29, 0.717) is 23.7 Å². The molecule has 140 valence electrons. The van der Waals surface area contributed by atoms with Crippen molar-refractivity contribution in [2.75, 3.05) is 7.05 Å². The Morgan fingerprint density at radius 3 is 2.93 bits per heavy atom. The minimum atomic E-state index is -0.389. The van der Waals surface area contributed by atoms with Crippen LogP contribution in [0.1, 0.15) is 10.4 Å². The molecule has 0 atom stereocenters. The van der Waals surface area contributed by atoms with Crippen LogP contribution in [0.4, 0.5) is 9.18 Å². The van der Waals surface area contributed by atoms with Crippen molar-refractivity contribution in [1.29, 1.82) is 0 Å². The van der Waals surface area contributed by atoms with E-state index in [9.17, 15) is 9.18 Å². The number of hydrogen-bond donors (Lipinski definition) is 1. The van der Waals surface area contributed by atoms with Crippen molar-refractivity contribution in [2.24, 2.45) is 0 Å². The third kappa shape index (κ3) is 5.51. The van der Waals surface area contributed by atoms with E-state index in [1.165, 1.54) is 12.1 Å². The van der Waals surface area contributed by atoms with Gasteiger partial charge < -0.3 is 15.0 Å². The molecule has 27 heavy (non-hydrogen) atoms. The van der Waals surface area contributed by atoms with Crippen LogP contribution < -0.4 is 10.1 Å². The molecule has 3 rings (SSSR count). The summed E-state index contributed by atoms with van der Waals surface area (Å²) in [5, 5.41) is 4.83. The number of amides is 2. The van der Waals surface area contributed by atoms with Crippen molar-refractivity contribution >= 4 is 33.3 Å². The molecule has 0 fully saturated rings. The Labute approximate surface area is 168 Å². The van der Waals surface area contributed by atoms with Gasteiger partial charge in [-0.3, -0.25) is 0 Å². The molecule has 2 heterocycles. The van der Waals surface area contributed by atoms with Crippen LogP contribution in [0.15, 0.2) is 58.5 Å². The number of benzene rings is 1. The van der Waals surface area contributed by atoms with E-state index in [2.05, 4.69) is 26.2 Å². The number of hydrogen-bond acceptors (Lipinski definition) is 4. The van der Waals surface area contributed by atoms with Crippen molar-refractivity contribution in [1.82, 2.24) is 15.2 Å². The summed E-state index contributed by atoms with van der Waals surface area (Å²) in [4.78, 5) is 19.2. The van der Waals surface area contributed by atoms with E-state index in [-0.39, 0.29) is 18.4 Å². The molecular weight excluding hydrogens is 433 g/mol. The molecule has 0 aliphatic rings. The largest absolute Gasteiger partial charge is 0.439 e. The fraction of sp³-hybridized carbons (Fsp3) is 0.158. The summed E-state index contributed by atoms with van der Waals surface area (Å²) >= 11 is 4.99. The maximum absolute atomic E-state index is 13.3. The van der Waals surface area contributed by atoms with Gasteiger partial charge in [0.1, 0.15) is 11.6 Å². The number of urea groups is 1. The highest BCUT2D eigenvalue weighted by Crippen LogP contribution is 2.24. The van der Waals surface area contributed by atoms with Crippen molar-refractivity contribution in [3.63, 3.8) is 0 Å². The first-order valence-electron chi connectivity index (χ1n) is 8.10. The molecule has 1 aromatic carbocycles. The molecule has 2 amide bonds. The summed E-state index contributed by atoms with van der Waals surface area (Å²) in [5.41, 5.74) is 0.697. The first-order chi connectivity index (χ1) is 13.0. The molecule has 0 radical (unpaired) electrons. The average molecular weight is 450 g/mol. The van der Waals surface area contributed by atoms with Crippen LogP contribution in [0.2, 0.25) is 0 Å². The van der Waals surface area contributed by atoms with Gasteiger partial charge in [0.15, 0.2) is 0 Å². The molecule has 0 saturated heterocycles. The number of rotatable bonds is 6. The Balaban J connectivity index is 1.61. The molecule has 0 bridgehead atoms. The second-order valence-corrected chi connectivity index (χ2v) is 7.68. The van der Waals surface area contributed by atoms with E-state index in [1.807, 2.05) is 11.4 Å². The summed E-state index contributed by atoms with van der Waals surface area (Å²) in [5.74, 6) is 0.287. The normalized spacial score (nSPS) is 10.5. The first-order valence-corrected chi connectivity index (χ1v) is 9.78. The van der Waals surface area contributed by atoms with Crippen LogP contribution in [0.5, 0.6) is 11.6 Å². The monoisotopic (exact) mass is 449 g/mol. The number of ether oxygens (including phenoxy) is 1. The molecule has 1 N–H and O–H groups in total. The molecular formula is C19H17BrFN3O2S. The van der Waals surface area contributed by atoms with Crippen molar-refractivity contribution < 1.29 is 13.9 Å². The predicted molar refractivity (Wildman–Crippen MR) is 106 cm³/mol. The summed E-state index contributed by atoms with van der Waals surface area (Å²) in [6, 6.07) is 11.2. The second kappa shape index (κ2) is 8.96. The highest BCUT2D eigenvalue weighted by atomic mass is 79.9. The lowest BCUT2D eigenvalue weighted by atomic mass is 10.2. The highest BCUT2D eigenvalue weighted by Gasteiger charge is 2.12. The molecule has 5 nitrogen and oxygen atoms in total. The van der Waals surface area contributed by atoms with E-state index >= 15 is 0 Å². The second-order valence-electron chi connectivity index (χ2n) is 5.77. The SMILES string of the molecule is CN(Cc1cc(Br)cs1)C(=O)NCc1cccnc1Oc1cccc(F)c1. The maximum atomic E-state index is 13.3. The van der Waals surface area contributed by atoms with Crippen LogP contribution in [0, 0.1) is 5.82 Å². The fourth-order valence-electron chi connectivity index (χ4n) is 2.34. The lowest BCUT2D eigenvalue weighted by molar-refractivity contribution is 0.206. The Morgan fingerprint density at radius 1 is 1.33 bits per heavy atom. The van der Waals surface area contributed by atoms with Gasteiger partial charge in [-0.05, 0) is 40.2 Å². The lowest BCUT2D eigenvalue weighted by Crippen LogP contribution is -2.36. The number of nitrogens with one attached hydrogen (secondary N) is 1. The van der Waals surface area contributed by atoms with Crippen LogP contribution >= 0.6 is 27.3 Å². The van der Waals surface area contributed by atoms with Gasteiger partial charge in [-0.25, -0.2) is 14.2 Å². The zero-order chi connectivity index (χ0) is 19.2. The molecule has 0 aliphatic heterocycles. The minimum Gasteiger partial charge on any atom is -0.439 e. The number of pyridine rings is 1. The molecule has 0 aliphatic carbocycles. The number of thiophene rings is 1. The number of nitrogens with zero attached hydrogens (tertiary/aromatic N) is 2.